The van der Waals surface area contributed by atoms with E-state index in [-0.39, 0.29) is 5.66 Å². The second-order valence-corrected chi connectivity index (χ2v) is 5.05. The first-order valence-electron chi connectivity index (χ1n) is 5.14. The molecule has 16 heavy (non-hydrogen) atoms. The molecule has 1 aliphatic carbocycles. The fraction of sp³-hybridized carbons (Fsp3) is 0.0769. The van der Waals surface area contributed by atoms with Crippen molar-refractivity contribution in [3.63, 3.8) is 0 Å². The zero-order valence-electron chi connectivity index (χ0n) is 8.54. The Morgan fingerprint density at radius 2 is 1.19 bits per heavy atom. The molecule has 0 fully saturated rings. The van der Waals surface area contributed by atoms with Crippen LogP contribution in [-0.4, -0.2) is 9.79 Å². The Morgan fingerprint density at radius 3 is 1.62 bits per heavy atom. The van der Waals surface area contributed by atoms with Crippen molar-refractivity contribution in [1.29, 1.82) is 0 Å². The van der Waals surface area contributed by atoms with Crippen molar-refractivity contribution in [2.24, 2.45) is 0 Å². The van der Waals surface area contributed by atoms with Gasteiger partial charge in [-0.2, -0.15) is 0 Å². The Hall–Kier alpha value is -1.21. The molecule has 80 valence electrons. The fourth-order valence-electron chi connectivity index (χ4n) is 2.38. The van der Waals surface area contributed by atoms with Crippen LogP contribution < -0.4 is 0 Å². The predicted molar refractivity (Wildman–Crippen MR) is 65.1 cm³/mol. The van der Waals surface area contributed by atoms with E-state index in [0.29, 0.717) is 0 Å². The summed E-state index contributed by atoms with van der Waals surface area (Å²) in [5.74, 6) is 0. The standard InChI is InChI=1S/C13H11O2P/c14-16(15)13-11-7-3-1-5-9(11)10-6-2-4-8-12(10)13/h1-8,13-15H. The number of rotatable bonds is 1. The molecule has 0 saturated heterocycles. The van der Waals surface area contributed by atoms with Crippen molar-refractivity contribution in [2.45, 2.75) is 5.66 Å². The third kappa shape index (κ3) is 1.31. The van der Waals surface area contributed by atoms with Gasteiger partial charge in [0.25, 0.3) is 0 Å². The molecule has 0 heterocycles. The molecule has 0 atom stereocenters. The van der Waals surface area contributed by atoms with Gasteiger partial charge in [-0.15, -0.1) is 0 Å². The quantitative estimate of drug-likeness (QED) is 0.739. The zero-order chi connectivity index (χ0) is 11.1. The van der Waals surface area contributed by atoms with E-state index in [2.05, 4.69) is 0 Å². The highest BCUT2D eigenvalue weighted by Gasteiger charge is 2.32. The van der Waals surface area contributed by atoms with Crippen LogP contribution in [0.25, 0.3) is 11.1 Å². The van der Waals surface area contributed by atoms with Gasteiger partial charge >= 0.3 is 0 Å². The first kappa shape index (κ1) is 9.98. The van der Waals surface area contributed by atoms with Gasteiger partial charge in [-0.3, -0.25) is 0 Å². The average molecular weight is 230 g/mol. The van der Waals surface area contributed by atoms with Crippen molar-refractivity contribution < 1.29 is 9.79 Å². The summed E-state index contributed by atoms with van der Waals surface area (Å²) in [6.07, 6.45) is 0. The molecule has 0 aromatic heterocycles. The van der Waals surface area contributed by atoms with E-state index in [9.17, 15) is 9.79 Å². The van der Waals surface area contributed by atoms with E-state index in [4.69, 9.17) is 0 Å². The van der Waals surface area contributed by atoms with Crippen molar-refractivity contribution in [2.75, 3.05) is 0 Å². The lowest BCUT2D eigenvalue weighted by Gasteiger charge is -2.13. The average Bonchev–Trinajstić information content (AvgIpc) is 2.63. The van der Waals surface area contributed by atoms with Crippen LogP contribution in [-0.2, 0) is 0 Å². The van der Waals surface area contributed by atoms with E-state index in [0.717, 1.165) is 22.3 Å². The molecular formula is C13H11O2P. The van der Waals surface area contributed by atoms with E-state index >= 15 is 0 Å². The minimum Gasteiger partial charge on any atom is -0.349 e. The zero-order valence-corrected chi connectivity index (χ0v) is 9.43. The summed E-state index contributed by atoms with van der Waals surface area (Å²) in [5, 5.41) is 0. The molecule has 0 aliphatic heterocycles. The van der Waals surface area contributed by atoms with Gasteiger partial charge in [0.2, 0.25) is 0 Å². The van der Waals surface area contributed by atoms with Crippen molar-refractivity contribution in [3.05, 3.63) is 59.7 Å². The molecule has 0 saturated carbocycles. The van der Waals surface area contributed by atoms with Crippen LogP contribution in [0.15, 0.2) is 48.5 Å². The molecule has 0 radical (unpaired) electrons. The van der Waals surface area contributed by atoms with Crippen molar-refractivity contribution in [1.82, 2.24) is 0 Å². The van der Waals surface area contributed by atoms with Gasteiger partial charge in [0, 0.05) is 0 Å². The third-order valence-corrected chi connectivity index (χ3v) is 4.05. The third-order valence-electron chi connectivity index (χ3n) is 3.03. The number of hydrogen-bond donors (Lipinski definition) is 2. The monoisotopic (exact) mass is 230 g/mol. The van der Waals surface area contributed by atoms with Crippen LogP contribution in [0.5, 0.6) is 0 Å². The molecule has 3 heteroatoms. The lowest BCUT2D eigenvalue weighted by molar-refractivity contribution is 0.474. The summed E-state index contributed by atoms with van der Waals surface area (Å²) in [6, 6.07) is 15.9. The highest BCUT2D eigenvalue weighted by atomic mass is 31.2. The molecule has 3 rings (SSSR count). The first-order valence-corrected chi connectivity index (χ1v) is 6.46. The van der Waals surface area contributed by atoms with Crippen LogP contribution >= 0.6 is 8.38 Å². The summed E-state index contributed by atoms with van der Waals surface area (Å²) in [5.41, 5.74) is 4.06. The molecule has 2 aromatic carbocycles. The van der Waals surface area contributed by atoms with E-state index < -0.39 is 8.38 Å². The molecule has 0 unspecified atom stereocenters. The molecule has 2 N–H and O–H groups in total. The molecule has 0 amide bonds. The normalized spacial score (nSPS) is 13.9. The Kier molecular flexibility index (Phi) is 2.29. The molecule has 0 bridgehead atoms. The van der Waals surface area contributed by atoms with Crippen molar-refractivity contribution >= 4 is 8.38 Å². The van der Waals surface area contributed by atoms with E-state index in [1.54, 1.807) is 0 Å². The Labute approximate surface area is 95.1 Å². The highest BCUT2D eigenvalue weighted by Crippen LogP contribution is 2.57. The molecule has 2 nitrogen and oxygen atoms in total. The van der Waals surface area contributed by atoms with Gasteiger partial charge in [-0.1, -0.05) is 48.5 Å². The van der Waals surface area contributed by atoms with Gasteiger partial charge in [0.1, 0.15) is 0 Å². The Balaban J connectivity index is 2.30. The minimum absolute atomic E-state index is 0.248. The molecule has 2 aromatic rings. The summed E-state index contributed by atoms with van der Waals surface area (Å²) in [6.45, 7) is 0. The van der Waals surface area contributed by atoms with Crippen LogP contribution in [0.1, 0.15) is 16.8 Å². The summed E-state index contributed by atoms with van der Waals surface area (Å²) in [4.78, 5) is 19.1. The van der Waals surface area contributed by atoms with Gasteiger partial charge in [-0.05, 0) is 22.3 Å². The smallest absolute Gasteiger partial charge is 0.177 e. The molecule has 0 spiro atoms. The summed E-state index contributed by atoms with van der Waals surface area (Å²) in [7, 11) is -1.97. The number of fused-ring (bicyclic) bond motifs is 3. The first-order chi connectivity index (χ1) is 7.79. The summed E-state index contributed by atoms with van der Waals surface area (Å²) >= 11 is 0. The van der Waals surface area contributed by atoms with E-state index in [1.165, 1.54) is 0 Å². The van der Waals surface area contributed by atoms with E-state index in [1.807, 2.05) is 48.5 Å². The van der Waals surface area contributed by atoms with Gasteiger partial charge in [0.15, 0.2) is 8.38 Å². The minimum atomic E-state index is -1.97. The lowest BCUT2D eigenvalue weighted by atomic mass is 10.1. The van der Waals surface area contributed by atoms with Gasteiger partial charge < -0.3 is 9.79 Å². The van der Waals surface area contributed by atoms with Gasteiger partial charge in [-0.25, -0.2) is 0 Å². The topological polar surface area (TPSA) is 40.5 Å². The van der Waals surface area contributed by atoms with Crippen LogP contribution in [0.4, 0.5) is 0 Å². The lowest BCUT2D eigenvalue weighted by Crippen LogP contribution is -1.93. The van der Waals surface area contributed by atoms with Gasteiger partial charge in [0.05, 0.1) is 5.66 Å². The second kappa shape index (κ2) is 3.67. The Bertz CT molecular complexity index is 491. The largest absolute Gasteiger partial charge is 0.349 e. The van der Waals surface area contributed by atoms with Crippen LogP contribution in [0, 0.1) is 0 Å². The SMILES string of the molecule is OP(O)C1c2ccccc2-c2ccccc21. The maximum absolute atomic E-state index is 9.57. The maximum Gasteiger partial charge on any atom is 0.177 e. The fourth-order valence-corrected chi connectivity index (χ4v) is 3.33. The van der Waals surface area contributed by atoms with Crippen LogP contribution in [0.2, 0.25) is 0 Å². The summed E-state index contributed by atoms with van der Waals surface area (Å²) < 4.78 is 0. The van der Waals surface area contributed by atoms with Crippen LogP contribution in [0.3, 0.4) is 0 Å². The van der Waals surface area contributed by atoms with Crippen molar-refractivity contribution in [3.8, 4) is 11.1 Å². The number of hydrogen-bond acceptors (Lipinski definition) is 2. The predicted octanol–water partition coefficient (Wildman–Crippen LogP) is 3.05. The molecule has 1 aliphatic rings. The number of benzene rings is 2. The second-order valence-electron chi connectivity index (χ2n) is 3.90. The Morgan fingerprint density at radius 1 is 0.750 bits per heavy atom. The molecular weight excluding hydrogens is 219 g/mol. The maximum atomic E-state index is 9.57. The highest BCUT2D eigenvalue weighted by molar-refractivity contribution is 7.45.